The Morgan fingerprint density at radius 3 is 2.53 bits per heavy atom. The largest absolute Gasteiger partial charge is 0.351 e. The lowest BCUT2D eigenvalue weighted by Gasteiger charge is -2.21. The van der Waals surface area contributed by atoms with E-state index in [-0.39, 0.29) is 11.3 Å². The predicted octanol–water partition coefficient (Wildman–Crippen LogP) is 3.83. The maximum absolute atomic E-state index is 12.1. The maximum atomic E-state index is 12.1. The first-order chi connectivity index (χ1) is 9.02. The van der Waals surface area contributed by atoms with Gasteiger partial charge in [0.25, 0.3) is 5.91 Å². The lowest BCUT2D eigenvalue weighted by molar-refractivity contribution is 0.0940. The zero-order valence-electron chi connectivity index (χ0n) is 11.2. The molecule has 0 aliphatic carbocycles. The summed E-state index contributed by atoms with van der Waals surface area (Å²) in [6.07, 6.45) is 0. The fraction of sp³-hybridized carbons (Fsp3) is 0.312. The van der Waals surface area contributed by atoms with Gasteiger partial charge in [-0.05, 0) is 28.3 Å². The van der Waals surface area contributed by atoms with Crippen LogP contribution in [0.3, 0.4) is 0 Å². The Bertz CT molecular complexity index is 592. The molecule has 0 aromatic heterocycles. The average molecular weight is 276 g/mol. The number of carbonyl (C=O) groups is 1. The van der Waals surface area contributed by atoms with Gasteiger partial charge in [-0.3, -0.25) is 4.79 Å². The summed E-state index contributed by atoms with van der Waals surface area (Å²) in [6, 6.07) is 13.7. The zero-order chi connectivity index (χ0) is 13.9. The maximum Gasteiger partial charge on any atom is 0.251 e. The minimum atomic E-state index is -0.0892. The van der Waals surface area contributed by atoms with E-state index in [1.807, 2.05) is 56.3 Å². The third kappa shape index (κ3) is 3.48. The van der Waals surface area contributed by atoms with Crippen LogP contribution in [0.25, 0.3) is 10.8 Å². The van der Waals surface area contributed by atoms with Crippen LogP contribution in [-0.4, -0.2) is 18.3 Å². The quantitative estimate of drug-likeness (QED) is 0.844. The minimum Gasteiger partial charge on any atom is -0.351 e. The molecule has 3 heteroatoms. The molecule has 0 atom stereocenters. The molecule has 2 aromatic rings. The van der Waals surface area contributed by atoms with Crippen LogP contribution in [0.4, 0.5) is 0 Å². The van der Waals surface area contributed by atoms with E-state index in [1.165, 1.54) is 0 Å². The number of rotatable bonds is 4. The number of benzene rings is 2. The van der Waals surface area contributed by atoms with E-state index in [0.717, 1.165) is 10.8 Å². The third-order valence-electron chi connectivity index (χ3n) is 3.10. The zero-order valence-corrected chi connectivity index (χ0v) is 12.0. The molecule has 0 aliphatic heterocycles. The van der Waals surface area contributed by atoms with Crippen molar-refractivity contribution < 1.29 is 4.79 Å². The van der Waals surface area contributed by atoms with Crippen molar-refractivity contribution in [2.75, 3.05) is 12.4 Å². The van der Waals surface area contributed by atoms with Gasteiger partial charge in [0.15, 0.2) is 0 Å². The van der Waals surface area contributed by atoms with Crippen molar-refractivity contribution in [3.63, 3.8) is 0 Å². The summed E-state index contributed by atoms with van der Waals surface area (Å²) in [6.45, 7) is 4.63. The molecule has 0 saturated heterocycles. The first-order valence-electron chi connectivity index (χ1n) is 6.35. The normalized spacial score (nSPS) is 11.5. The molecule has 100 valence electrons. The highest BCUT2D eigenvalue weighted by molar-refractivity contribution is 6.18. The van der Waals surface area contributed by atoms with Crippen molar-refractivity contribution in [1.82, 2.24) is 5.32 Å². The Kier molecular flexibility index (Phi) is 4.11. The second kappa shape index (κ2) is 5.62. The van der Waals surface area contributed by atoms with Gasteiger partial charge in [0.1, 0.15) is 0 Å². The SMILES string of the molecule is CC(C)(CCl)CNC(=O)c1ccc2ccccc2c1. The number of hydrogen-bond acceptors (Lipinski definition) is 1. The van der Waals surface area contributed by atoms with Crippen molar-refractivity contribution in [2.24, 2.45) is 5.41 Å². The van der Waals surface area contributed by atoms with Crippen molar-refractivity contribution in [3.05, 3.63) is 48.0 Å². The number of hydrogen-bond donors (Lipinski definition) is 1. The van der Waals surface area contributed by atoms with Crippen molar-refractivity contribution in [2.45, 2.75) is 13.8 Å². The van der Waals surface area contributed by atoms with Crippen molar-refractivity contribution in [3.8, 4) is 0 Å². The molecule has 0 saturated carbocycles. The molecule has 0 bridgehead atoms. The Balaban J connectivity index is 2.13. The lowest BCUT2D eigenvalue weighted by Crippen LogP contribution is -2.34. The highest BCUT2D eigenvalue weighted by atomic mass is 35.5. The van der Waals surface area contributed by atoms with Crippen LogP contribution in [-0.2, 0) is 0 Å². The second-order valence-electron chi connectivity index (χ2n) is 5.54. The first-order valence-corrected chi connectivity index (χ1v) is 6.88. The topological polar surface area (TPSA) is 29.1 Å². The van der Waals surface area contributed by atoms with E-state index in [0.29, 0.717) is 18.0 Å². The Hall–Kier alpha value is -1.54. The summed E-state index contributed by atoms with van der Waals surface area (Å²) >= 11 is 5.85. The molecule has 2 rings (SSSR count). The van der Waals surface area contributed by atoms with Crippen LogP contribution < -0.4 is 5.32 Å². The van der Waals surface area contributed by atoms with Crippen LogP contribution in [0.15, 0.2) is 42.5 Å². The van der Waals surface area contributed by atoms with E-state index in [1.54, 1.807) is 0 Å². The number of carbonyl (C=O) groups excluding carboxylic acids is 1. The molecule has 2 aromatic carbocycles. The molecule has 0 radical (unpaired) electrons. The molecule has 0 aliphatic rings. The number of fused-ring (bicyclic) bond motifs is 1. The molecule has 0 unspecified atom stereocenters. The van der Waals surface area contributed by atoms with E-state index in [2.05, 4.69) is 5.32 Å². The van der Waals surface area contributed by atoms with Gasteiger partial charge < -0.3 is 5.32 Å². The number of alkyl halides is 1. The van der Waals surface area contributed by atoms with Crippen LogP contribution in [0.1, 0.15) is 24.2 Å². The second-order valence-corrected chi connectivity index (χ2v) is 5.81. The monoisotopic (exact) mass is 275 g/mol. The summed E-state index contributed by atoms with van der Waals surface area (Å²) in [5.74, 6) is 0.467. The van der Waals surface area contributed by atoms with Gasteiger partial charge in [0.2, 0.25) is 0 Å². The van der Waals surface area contributed by atoms with E-state index < -0.39 is 0 Å². The minimum absolute atomic E-state index is 0.0519. The number of halogens is 1. The Labute approximate surface area is 118 Å². The highest BCUT2D eigenvalue weighted by Gasteiger charge is 2.17. The van der Waals surface area contributed by atoms with Gasteiger partial charge in [0, 0.05) is 18.0 Å². The molecule has 19 heavy (non-hydrogen) atoms. The summed E-state index contributed by atoms with van der Waals surface area (Å²) in [5, 5.41) is 5.15. The van der Waals surface area contributed by atoms with Gasteiger partial charge >= 0.3 is 0 Å². The fourth-order valence-electron chi connectivity index (χ4n) is 1.80. The molecule has 1 amide bonds. The first kappa shape index (κ1) is 13.9. The fourth-order valence-corrected chi connectivity index (χ4v) is 1.89. The van der Waals surface area contributed by atoms with Crippen LogP contribution >= 0.6 is 11.6 Å². The van der Waals surface area contributed by atoms with Gasteiger partial charge in [-0.1, -0.05) is 44.2 Å². The Morgan fingerprint density at radius 1 is 1.16 bits per heavy atom. The van der Waals surface area contributed by atoms with Crippen LogP contribution in [0.5, 0.6) is 0 Å². The number of amides is 1. The van der Waals surface area contributed by atoms with Crippen molar-refractivity contribution in [1.29, 1.82) is 0 Å². The average Bonchev–Trinajstić information content (AvgIpc) is 2.44. The molecule has 1 N–H and O–H groups in total. The summed E-state index contributed by atoms with van der Waals surface area (Å²) < 4.78 is 0. The molecular formula is C16H18ClNO. The van der Waals surface area contributed by atoms with Gasteiger partial charge in [-0.25, -0.2) is 0 Å². The summed E-state index contributed by atoms with van der Waals surface area (Å²) in [5.41, 5.74) is 0.595. The van der Waals surface area contributed by atoms with Gasteiger partial charge in [-0.2, -0.15) is 0 Å². The van der Waals surface area contributed by atoms with E-state index in [9.17, 15) is 4.79 Å². The highest BCUT2D eigenvalue weighted by Crippen LogP contribution is 2.17. The number of nitrogens with one attached hydrogen (secondary N) is 1. The summed E-state index contributed by atoms with van der Waals surface area (Å²) in [7, 11) is 0. The molecule has 0 spiro atoms. The third-order valence-corrected chi connectivity index (χ3v) is 3.82. The summed E-state index contributed by atoms with van der Waals surface area (Å²) in [4.78, 5) is 12.1. The van der Waals surface area contributed by atoms with Crippen molar-refractivity contribution >= 4 is 28.3 Å². The standard InChI is InChI=1S/C16H18ClNO/c1-16(2,10-17)11-18-15(19)14-8-7-12-5-3-4-6-13(12)9-14/h3-9H,10-11H2,1-2H3,(H,18,19). The molecule has 0 fully saturated rings. The molecule has 0 heterocycles. The Morgan fingerprint density at radius 2 is 1.84 bits per heavy atom. The van der Waals surface area contributed by atoms with E-state index >= 15 is 0 Å². The molecule has 2 nitrogen and oxygen atoms in total. The van der Waals surface area contributed by atoms with Gasteiger partial charge in [0.05, 0.1) is 0 Å². The predicted molar refractivity (Wildman–Crippen MR) is 80.8 cm³/mol. The lowest BCUT2D eigenvalue weighted by atomic mass is 9.96. The van der Waals surface area contributed by atoms with Crippen LogP contribution in [0, 0.1) is 5.41 Å². The van der Waals surface area contributed by atoms with E-state index in [4.69, 9.17) is 11.6 Å². The molecular weight excluding hydrogens is 258 g/mol. The van der Waals surface area contributed by atoms with Crippen LogP contribution in [0.2, 0.25) is 0 Å². The smallest absolute Gasteiger partial charge is 0.251 e. The van der Waals surface area contributed by atoms with Gasteiger partial charge in [-0.15, -0.1) is 11.6 Å².